The molecule has 2 heterocycles. The Kier molecular flexibility index (Phi) is 5.85. The van der Waals surface area contributed by atoms with Gasteiger partial charge in [-0.05, 0) is 30.3 Å². The number of anilines is 1. The third-order valence-corrected chi connectivity index (χ3v) is 5.92. The van der Waals surface area contributed by atoms with Gasteiger partial charge in [0.25, 0.3) is 0 Å². The summed E-state index contributed by atoms with van der Waals surface area (Å²) in [5.74, 6) is 0.0264. The number of Topliss-reactive ketones (excluding diaryl/α,β-unsaturated/α-hetero) is 1. The van der Waals surface area contributed by atoms with Crippen LogP contribution in [0.4, 0.5) is 10.1 Å². The molecule has 0 atom stereocenters. The first-order valence-corrected chi connectivity index (χ1v) is 10.5. The van der Waals surface area contributed by atoms with E-state index in [9.17, 15) is 14.0 Å². The molecule has 0 bridgehead atoms. The van der Waals surface area contributed by atoms with Crippen LogP contribution in [0, 0.1) is 5.82 Å². The van der Waals surface area contributed by atoms with Crippen molar-refractivity contribution in [3.63, 3.8) is 0 Å². The second-order valence-corrected chi connectivity index (χ2v) is 8.01. The first-order valence-electron chi connectivity index (χ1n) is 9.56. The molecule has 0 aliphatic rings. The highest BCUT2D eigenvalue weighted by Gasteiger charge is 2.17. The van der Waals surface area contributed by atoms with Crippen molar-refractivity contribution in [1.82, 2.24) is 19.3 Å². The molecule has 4 rings (SSSR count). The van der Waals surface area contributed by atoms with Crippen molar-refractivity contribution in [2.24, 2.45) is 14.1 Å². The molecule has 0 spiro atoms. The Hall–Kier alpha value is -3.46. The fourth-order valence-electron chi connectivity index (χ4n) is 3.28. The number of amides is 1. The average molecular weight is 438 g/mol. The van der Waals surface area contributed by atoms with Gasteiger partial charge in [0.1, 0.15) is 11.6 Å². The van der Waals surface area contributed by atoms with E-state index >= 15 is 0 Å². The molecule has 7 nitrogen and oxygen atoms in total. The average Bonchev–Trinajstić information content (AvgIpc) is 3.28. The molecule has 31 heavy (non-hydrogen) atoms. The number of nitrogens with one attached hydrogen (secondary N) is 1. The van der Waals surface area contributed by atoms with Gasteiger partial charge in [0.2, 0.25) is 5.91 Å². The maximum Gasteiger partial charge on any atom is 0.232 e. The fraction of sp³-hybridized carbons (Fsp3) is 0.182. The zero-order chi connectivity index (χ0) is 22.0. The number of benzene rings is 2. The largest absolute Gasteiger partial charge is 0.350 e. The van der Waals surface area contributed by atoms with E-state index in [1.165, 1.54) is 36.0 Å². The molecule has 0 aliphatic carbocycles. The smallest absolute Gasteiger partial charge is 0.232 e. The van der Waals surface area contributed by atoms with Crippen LogP contribution in [0.25, 0.3) is 10.9 Å². The number of aryl methyl sites for hydroxylation is 1. The molecule has 0 aliphatic heterocycles. The van der Waals surface area contributed by atoms with E-state index in [-0.39, 0.29) is 29.7 Å². The highest BCUT2D eigenvalue weighted by molar-refractivity contribution is 7.99. The Morgan fingerprint density at radius 1 is 1.06 bits per heavy atom. The van der Waals surface area contributed by atoms with E-state index in [1.807, 2.05) is 42.1 Å². The highest BCUT2D eigenvalue weighted by atomic mass is 32.2. The quantitative estimate of drug-likeness (QED) is 0.353. The third kappa shape index (κ3) is 4.51. The van der Waals surface area contributed by atoms with Crippen molar-refractivity contribution >= 4 is 40.0 Å². The number of para-hydroxylation sites is 1. The van der Waals surface area contributed by atoms with Crippen molar-refractivity contribution in [2.75, 3.05) is 11.1 Å². The second-order valence-electron chi connectivity index (χ2n) is 7.07. The zero-order valence-electron chi connectivity index (χ0n) is 17.0. The number of aromatic nitrogens is 4. The molecule has 0 fully saturated rings. The topological polar surface area (TPSA) is 81.8 Å². The summed E-state index contributed by atoms with van der Waals surface area (Å²) in [5, 5.41) is 12.4. The molecule has 2 aromatic carbocycles. The first kappa shape index (κ1) is 20.8. The molecule has 0 unspecified atom stereocenters. The number of halogens is 1. The molecule has 158 valence electrons. The summed E-state index contributed by atoms with van der Waals surface area (Å²) in [6.07, 6.45) is 1.86. The molecule has 0 saturated carbocycles. The van der Waals surface area contributed by atoms with Gasteiger partial charge in [0, 0.05) is 42.4 Å². The van der Waals surface area contributed by atoms with Crippen molar-refractivity contribution < 1.29 is 14.0 Å². The number of hydrogen-bond acceptors (Lipinski definition) is 5. The van der Waals surface area contributed by atoms with Gasteiger partial charge in [-0.1, -0.05) is 30.0 Å². The van der Waals surface area contributed by atoms with E-state index in [1.54, 1.807) is 11.6 Å². The normalized spacial score (nSPS) is 11.1. The van der Waals surface area contributed by atoms with Gasteiger partial charge < -0.3 is 14.5 Å². The lowest BCUT2D eigenvalue weighted by Crippen LogP contribution is -2.17. The van der Waals surface area contributed by atoms with Gasteiger partial charge >= 0.3 is 0 Å². The van der Waals surface area contributed by atoms with Gasteiger partial charge in [0.05, 0.1) is 12.2 Å². The Morgan fingerprint density at radius 3 is 2.58 bits per heavy atom. The number of ketones is 1. The maximum atomic E-state index is 13.0. The molecular formula is C22H20FN5O2S. The number of fused-ring (bicyclic) bond motifs is 1. The van der Waals surface area contributed by atoms with Crippen LogP contribution in [0.3, 0.4) is 0 Å². The Balaban J connectivity index is 1.39. The summed E-state index contributed by atoms with van der Waals surface area (Å²) >= 11 is 1.28. The predicted octanol–water partition coefficient (Wildman–Crippen LogP) is 3.60. The third-order valence-electron chi connectivity index (χ3n) is 4.90. The zero-order valence-corrected chi connectivity index (χ0v) is 17.8. The standard InChI is InChI=1S/C22H20FN5O2S/c1-27-12-17(16-5-3-4-6-18(16)27)19(29)13-31-22-26-25-20(28(22)2)11-21(30)24-15-9-7-14(23)8-10-15/h3-10,12H,11,13H2,1-2H3,(H,24,30). The number of nitrogens with zero attached hydrogens (tertiary/aromatic N) is 4. The number of carbonyl (C=O) groups is 2. The minimum Gasteiger partial charge on any atom is -0.350 e. The number of thioether (sulfide) groups is 1. The van der Waals surface area contributed by atoms with Crippen molar-refractivity contribution in [3.05, 3.63) is 71.9 Å². The van der Waals surface area contributed by atoms with E-state index in [0.717, 1.165) is 10.9 Å². The molecular weight excluding hydrogens is 417 g/mol. The molecule has 2 aromatic heterocycles. The minimum atomic E-state index is -0.369. The molecule has 4 aromatic rings. The number of carbonyl (C=O) groups excluding carboxylic acids is 2. The fourth-order valence-corrected chi connectivity index (χ4v) is 4.09. The minimum absolute atomic E-state index is 0.000373. The van der Waals surface area contributed by atoms with Crippen LogP contribution in [-0.4, -0.2) is 36.8 Å². The van der Waals surface area contributed by atoms with Crippen molar-refractivity contribution in [2.45, 2.75) is 11.6 Å². The van der Waals surface area contributed by atoms with Crippen LogP contribution in [0.1, 0.15) is 16.2 Å². The van der Waals surface area contributed by atoms with Gasteiger partial charge in [-0.2, -0.15) is 0 Å². The van der Waals surface area contributed by atoms with E-state index in [4.69, 9.17) is 0 Å². The van der Waals surface area contributed by atoms with Crippen molar-refractivity contribution in [3.8, 4) is 0 Å². The van der Waals surface area contributed by atoms with Gasteiger partial charge in [0.15, 0.2) is 10.9 Å². The van der Waals surface area contributed by atoms with E-state index in [0.29, 0.717) is 22.2 Å². The number of hydrogen-bond donors (Lipinski definition) is 1. The SMILES string of the molecule is Cn1c(CC(=O)Nc2ccc(F)cc2)nnc1SCC(=O)c1cn(C)c2ccccc12. The first-order chi connectivity index (χ1) is 14.9. The van der Waals surface area contributed by atoms with E-state index < -0.39 is 0 Å². The molecule has 1 amide bonds. The lowest BCUT2D eigenvalue weighted by Gasteiger charge is -2.06. The molecule has 1 N–H and O–H groups in total. The number of rotatable bonds is 7. The summed E-state index contributed by atoms with van der Waals surface area (Å²) < 4.78 is 16.6. The van der Waals surface area contributed by atoms with Crippen LogP contribution in [0.15, 0.2) is 59.9 Å². The molecule has 0 radical (unpaired) electrons. The molecule has 9 heteroatoms. The van der Waals surface area contributed by atoms with Crippen LogP contribution < -0.4 is 5.32 Å². The van der Waals surface area contributed by atoms with Gasteiger partial charge in [-0.25, -0.2) is 4.39 Å². The van der Waals surface area contributed by atoms with E-state index in [2.05, 4.69) is 15.5 Å². The Morgan fingerprint density at radius 2 is 1.81 bits per heavy atom. The highest BCUT2D eigenvalue weighted by Crippen LogP contribution is 2.24. The van der Waals surface area contributed by atoms with Gasteiger partial charge in [-0.15, -0.1) is 10.2 Å². The summed E-state index contributed by atoms with van der Waals surface area (Å²) in [7, 11) is 3.67. The van der Waals surface area contributed by atoms with Crippen LogP contribution in [0.5, 0.6) is 0 Å². The lowest BCUT2D eigenvalue weighted by atomic mass is 10.1. The van der Waals surface area contributed by atoms with Crippen molar-refractivity contribution in [1.29, 1.82) is 0 Å². The van der Waals surface area contributed by atoms with Crippen LogP contribution in [0.2, 0.25) is 0 Å². The van der Waals surface area contributed by atoms with Crippen LogP contribution in [-0.2, 0) is 25.3 Å². The lowest BCUT2D eigenvalue weighted by molar-refractivity contribution is -0.115. The maximum absolute atomic E-state index is 13.0. The summed E-state index contributed by atoms with van der Waals surface area (Å²) in [6.45, 7) is 0. The Bertz CT molecular complexity index is 1260. The Labute approximate surface area is 182 Å². The van der Waals surface area contributed by atoms with Gasteiger partial charge in [-0.3, -0.25) is 9.59 Å². The summed E-state index contributed by atoms with van der Waals surface area (Å²) in [5.41, 5.74) is 2.18. The predicted molar refractivity (Wildman–Crippen MR) is 118 cm³/mol. The second kappa shape index (κ2) is 8.73. The summed E-state index contributed by atoms with van der Waals surface area (Å²) in [4.78, 5) is 25.0. The monoisotopic (exact) mass is 437 g/mol. The van der Waals surface area contributed by atoms with Crippen LogP contribution >= 0.6 is 11.8 Å². The summed E-state index contributed by atoms with van der Waals surface area (Å²) in [6, 6.07) is 13.3. The molecule has 0 saturated heterocycles.